The van der Waals surface area contributed by atoms with E-state index in [9.17, 15) is 15.3 Å². The summed E-state index contributed by atoms with van der Waals surface area (Å²) in [5.74, 6) is 0. The molecule has 0 aromatic rings. The van der Waals surface area contributed by atoms with E-state index in [1.807, 2.05) is 0 Å². The molecule has 5 N–H and O–H groups in total. The first-order valence-corrected chi connectivity index (χ1v) is 11.7. The Labute approximate surface area is 172 Å². The lowest BCUT2D eigenvalue weighted by molar-refractivity contribution is -0.202. The summed E-state index contributed by atoms with van der Waals surface area (Å²) in [4.78, 5) is 0. The smallest absolute Gasteiger partial charge is 0.126 e. The molecule has 1 saturated heterocycles. The Morgan fingerprint density at radius 1 is 0.679 bits per heavy atom. The fourth-order valence-electron chi connectivity index (χ4n) is 3.84. The maximum absolute atomic E-state index is 10.5. The van der Waals surface area contributed by atoms with Crippen LogP contribution in [0.25, 0.3) is 0 Å². The number of hydrogen-bond donors (Lipinski definition) is 5. The molecule has 0 spiro atoms. The predicted molar refractivity (Wildman–Crippen MR) is 114 cm³/mol. The molecular formula is C22H46N2O4. The van der Waals surface area contributed by atoms with Gasteiger partial charge in [-0.1, -0.05) is 78.1 Å². The third-order valence-electron chi connectivity index (χ3n) is 5.71. The summed E-state index contributed by atoms with van der Waals surface area (Å²) in [5.41, 5.74) is 0. The largest absolute Gasteiger partial charge is 0.394 e. The van der Waals surface area contributed by atoms with Crippen LogP contribution in [0, 0.1) is 0 Å². The number of nitrogens with one attached hydrogen (secondary N) is 2. The number of aliphatic hydroxyl groups excluding tert-OH is 3. The van der Waals surface area contributed by atoms with E-state index in [1.165, 1.54) is 64.2 Å². The minimum absolute atomic E-state index is 0.294. The number of aliphatic hydroxyl groups is 3. The highest BCUT2D eigenvalue weighted by Gasteiger charge is 2.43. The lowest BCUT2D eigenvalue weighted by atomic mass is 9.95. The number of hydrogen-bond acceptors (Lipinski definition) is 6. The molecule has 0 bridgehead atoms. The van der Waals surface area contributed by atoms with Gasteiger partial charge in [0.1, 0.15) is 24.5 Å². The summed E-state index contributed by atoms with van der Waals surface area (Å²) >= 11 is 0. The Morgan fingerprint density at radius 2 is 1.18 bits per heavy atom. The highest BCUT2D eigenvalue weighted by atomic mass is 16.5. The zero-order valence-electron chi connectivity index (χ0n) is 18.2. The molecule has 1 aliphatic heterocycles. The van der Waals surface area contributed by atoms with Gasteiger partial charge in [0.25, 0.3) is 0 Å². The van der Waals surface area contributed by atoms with E-state index in [2.05, 4.69) is 24.5 Å². The summed E-state index contributed by atoms with van der Waals surface area (Å²) in [6.07, 6.45) is 11.5. The lowest BCUT2D eigenvalue weighted by Gasteiger charge is -2.43. The summed E-state index contributed by atoms with van der Waals surface area (Å²) in [7, 11) is 0. The van der Waals surface area contributed by atoms with Gasteiger partial charge in [0.05, 0.1) is 12.6 Å². The van der Waals surface area contributed by atoms with Crippen LogP contribution in [0.4, 0.5) is 0 Å². The number of ether oxygens (including phenoxy) is 1. The van der Waals surface area contributed by atoms with Crippen molar-refractivity contribution >= 4 is 0 Å². The van der Waals surface area contributed by atoms with Gasteiger partial charge in [-0.05, 0) is 25.9 Å². The van der Waals surface area contributed by atoms with E-state index >= 15 is 0 Å². The molecule has 6 heteroatoms. The van der Waals surface area contributed by atoms with Crippen molar-refractivity contribution in [3.63, 3.8) is 0 Å². The Kier molecular flexibility index (Phi) is 15.2. The first kappa shape index (κ1) is 25.8. The second kappa shape index (κ2) is 16.5. The molecule has 1 heterocycles. The van der Waals surface area contributed by atoms with Crippen molar-refractivity contribution in [2.45, 2.75) is 121 Å². The molecule has 5 atom stereocenters. The average Bonchev–Trinajstić information content (AvgIpc) is 2.70. The van der Waals surface area contributed by atoms with Gasteiger partial charge in [-0.2, -0.15) is 0 Å². The van der Waals surface area contributed by atoms with Crippen LogP contribution in [0.15, 0.2) is 0 Å². The Balaban J connectivity index is 2.37. The molecule has 0 radical (unpaired) electrons. The van der Waals surface area contributed by atoms with Crippen LogP contribution in [0.5, 0.6) is 0 Å². The molecule has 1 fully saturated rings. The van der Waals surface area contributed by atoms with E-state index in [-0.39, 0.29) is 12.6 Å². The molecule has 168 valence electrons. The Morgan fingerprint density at radius 3 is 1.71 bits per heavy atom. The molecule has 0 amide bonds. The van der Waals surface area contributed by atoms with E-state index in [1.54, 1.807) is 0 Å². The van der Waals surface area contributed by atoms with Crippen molar-refractivity contribution in [2.75, 3.05) is 19.7 Å². The second-order valence-corrected chi connectivity index (χ2v) is 8.23. The average molecular weight is 403 g/mol. The third-order valence-corrected chi connectivity index (χ3v) is 5.71. The van der Waals surface area contributed by atoms with Gasteiger partial charge in [-0.3, -0.25) is 5.32 Å². The first-order chi connectivity index (χ1) is 13.7. The zero-order chi connectivity index (χ0) is 20.6. The SMILES string of the molecule is CCCCCCCCN[C@@H]1[C@@H](O)[C@H](O)[C@@H](CO)O[C@H]1NCCCCCCCC. The normalized spacial score (nSPS) is 28.0. The molecule has 0 aromatic heterocycles. The molecular weight excluding hydrogens is 356 g/mol. The summed E-state index contributed by atoms with van der Waals surface area (Å²) in [6.45, 7) is 5.75. The van der Waals surface area contributed by atoms with Gasteiger partial charge in [-0.15, -0.1) is 0 Å². The second-order valence-electron chi connectivity index (χ2n) is 8.23. The van der Waals surface area contributed by atoms with Crippen LogP contribution in [0.1, 0.15) is 90.9 Å². The van der Waals surface area contributed by atoms with Crippen LogP contribution >= 0.6 is 0 Å². The van der Waals surface area contributed by atoms with Crippen LogP contribution in [0.3, 0.4) is 0 Å². The van der Waals surface area contributed by atoms with Crippen molar-refractivity contribution in [3.05, 3.63) is 0 Å². The van der Waals surface area contributed by atoms with Gasteiger partial charge in [0, 0.05) is 0 Å². The summed E-state index contributed by atoms with van der Waals surface area (Å²) < 4.78 is 5.85. The van der Waals surface area contributed by atoms with E-state index in [0.29, 0.717) is 0 Å². The quantitative estimate of drug-likeness (QED) is 0.240. The maximum atomic E-state index is 10.5. The molecule has 28 heavy (non-hydrogen) atoms. The molecule has 1 rings (SSSR count). The van der Waals surface area contributed by atoms with Gasteiger partial charge < -0.3 is 25.4 Å². The number of unbranched alkanes of at least 4 members (excludes halogenated alkanes) is 10. The van der Waals surface area contributed by atoms with Crippen LogP contribution < -0.4 is 10.6 Å². The van der Waals surface area contributed by atoms with Gasteiger partial charge in [0.2, 0.25) is 0 Å². The summed E-state index contributed by atoms with van der Waals surface area (Å²) in [5, 5.41) is 37.0. The lowest BCUT2D eigenvalue weighted by Crippen LogP contribution is -2.67. The number of rotatable bonds is 17. The van der Waals surface area contributed by atoms with Gasteiger partial charge in [-0.25, -0.2) is 0 Å². The molecule has 0 aromatic carbocycles. The van der Waals surface area contributed by atoms with Gasteiger partial charge >= 0.3 is 0 Å². The van der Waals surface area contributed by atoms with Crippen molar-refractivity contribution in [3.8, 4) is 0 Å². The maximum Gasteiger partial charge on any atom is 0.126 e. The highest BCUT2D eigenvalue weighted by molar-refractivity contribution is 4.95. The Bertz CT molecular complexity index is 359. The third kappa shape index (κ3) is 9.99. The minimum atomic E-state index is -1.07. The highest BCUT2D eigenvalue weighted by Crippen LogP contribution is 2.20. The monoisotopic (exact) mass is 402 g/mol. The van der Waals surface area contributed by atoms with Crippen molar-refractivity contribution < 1.29 is 20.1 Å². The van der Waals surface area contributed by atoms with Crippen molar-refractivity contribution in [2.24, 2.45) is 0 Å². The predicted octanol–water partition coefficient (Wildman–Crippen LogP) is 2.69. The standard InChI is InChI=1S/C22H46N2O4/c1-3-5-7-9-11-13-15-23-19-21(27)20(26)18(17-25)28-22(19)24-16-14-12-10-8-6-4-2/h18-27H,3-17H2,1-2H3/t18-,19-,20-,21-,22-/m1/s1. The van der Waals surface area contributed by atoms with Crippen LogP contribution in [-0.4, -0.2) is 65.6 Å². The van der Waals surface area contributed by atoms with Crippen LogP contribution in [-0.2, 0) is 4.74 Å². The van der Waals surface area contributed by atoms with Crippen molar-refractivity contribution in [1.29, 1.82) is 0 Å². The fraction of sp³-hybridized carbons (Fsp3) is 1.00. The van der Waals surface area contributed by atoms with E-state index < -0.39 is 24.5 Å². The topological polar surface area (TPSA) is 94.0 Å². The van der Waals surface area contributed by atoms with Crippen LogP contribution in [0.2, 0.25) is 0 Å². The molecule has 0 unspecified atom stereocenters. The van der Waals surface area contributed by atoms with E-state index in [0.717, 1.165) is 25.9 Å². The Hall–Kier alpha value is -0.240. The molecule has 0 aliphatic carbocycles. The molecule has 6 nitrogen and oxygen atoms in total. The summed E-state index contributed by atoms with van der Waals surface area (Å²) in [6, 6.07) is -0.367. The zero-order valence-corrected chi connectivity index (χ0v) is 18.2. The minimum Gasteiger partial charge on any atom is -0.394 e. The van der Waals surface area contributed by atoms with Gasteiger partial charge in [0.15, 0.2) is 0 Å². The molecule has 0 saturated carbocycles. The fourth-order valence-corrected chi connectivity index (χ4v) is 3.84. The first-order valence-electron chi connectivity index (χ1n) is 11.7. The molecule has 1 aliphatic rings. The van der Waals surface area contributed by atoms with Crippen molar-refractivity contribution in [1.82, 2.24) is 10.6 Å². The van der Waals surface area contributed by atoms with E-state index in [4.69, 9.17) is 4.74 Å².